The summed E-state index contributed by atoms with van der Waals surface area (Å²) in [5, 5.41) is 3.36. The molecule has 2 aliphatic carbocycles. The Morgan fingerprint density at radius 1 is 0.857 bits per heavy atom. The second-order valence-electron chi connectivity index (χ2n) is 4.80. The summed E-state index contributed by atoms with van der Waals surface area (Å²) in [5.41, 5.74) is 0. The highest BCUT2D eigenvalue weighted by Crippen LogP contribution is 2.27. The molecule has 0 atom stereocenters. The number of rotatable bonds is 3. The fourth-order valence-electron chi connectivity index (χ4n) is 2.78. The third-order valence-corrected chi connectivity index (χ3v) is 3.77. The first kappa shape index (κ1) is 10.4. The van der Waals surface area contributed by atoms with Gasteiger partial charge in [0.25, 0.3) is 0 Å². The lowest BCUT2D eigenvalue weighted by Crippen LogP contribution is -2.34. The van der Waals surface area contributed by atoms with Crippen LogP contribution in [-0.2, 0) is 4.74 Å². The summed E-state index contributed by atoms with van der Waals surface area (Å²) in [6.07, 6.45) is 11.7. The maximum atomic E-state index is 6.12. The lowest BCUT2D eigenvalue weighted by molar-refractivity contribution is -0.0293. The van der Waals surface area contributed by atoms with E-state index < -0.39 is 0 Å². The summed E-state index contributed by atoms with van der Waals surface area (Å²) in [6, 6.07) is 0.749. The Balaban J connectivity index is 1.67. The molecule has 0 radical (unpaired) electrons. The van der Waals surface area contributed by atoms with E-state index in [4.69, 9.17) is 4.74 Å². The Labute approximate surface area is 87.4 Å². The zero-order valence-corrected chi connectivity index (χ0v) is 9.30. The Bertz CT molecular complexity index is 158. The zero-order chi connectivity index (χ0) is 9.80. The van der Waals surface area contributed by atoms with Crippen molar-refractivity contribution < 1.29 is 4.74 Å². The predicted octanol–water partition coefficient (Wildman–Crippen LogP) is 2.48. The Morgan fingerprint density at radius 2 is 1.43 bits per heavy atom. The van der Waals surface area contributed by atoms with Gasteiger partial charge in [-0.15, -0.1) is 0 Å². The van der Waals surface area contributed by atoms with Crippen molar-refractivity contribution in [2.45, 2.75) is 69.6 Å². The van der Waals surface area contributed by atoms with Crippen molar-refractivity contribution in [3.05, 3.63) is 0 Å². The highest BCUT2D eigenvalue weighted by molar-refractivity contribution is 4.78. The van der Waals surface area contributed by atoms with E-state index in [0.717, 1.165) is 6.04 Å². The van der Waals surface area contributed by atoms with Crippen molar-refractivity contribution >= 4 is 0 Å². The molecule has 2 rings (SSSR count). The average Bonchev–Trinajstić information content (AvgIpc) is 2.72. The van der Waals surface area contributed by atoms with Gasteiger partial charge in [-0.05, 0) is 45.6 Å². The maximum absolute atomic E-state index is 6.12. The maximum Gasteiger partial charge on any atom is 0.0580 e. The Hall–Kier alpha value is -0.0800. The van der Waals surface area contributed by atoms with Crippen LogP contribution in [0.3, 0.4) is 0 Å². The standard InChI is InChI=1S/C12H23NO/c1-13-10-6-8-12(9-7-10)14-11-4-2-3-5-11/h10-13H,2-9H2,1H3. The van der Waals surface area contributed by atoms with Gasteiger partial charge in [-0.25, -0.2) is 0 Å². The topological polar surface area (TPSA) is 21.3 Å². The molecule has 2 nitrogen and oxygen atoms in total. The molecule has 2 aliphatic rings. The first-order chi connectivity index (χ1) is 6.88. The Kier molecular flexibility index (Phi) is 3.82. The van der Waals surface area contributed by atoms with E-state index in [1.54, 1.807) is 0 Å². The number of hydrogen-bond acceptors (Lipinski definition) is 2. The van der Waals surface area contributed by atoms with Crippen molar-refractivity contribution in [2.24, 2.45) is 0 Å². The van der Waals surface area contributed by atoms with Crippen molar-refractivity contribution in [2.75, 3.05) is 7.05 Å². The average molecular weight is 197 g/mol. The van der Waals surface area contributed by atoms with Crippen LogP contribution in [0, 0.1) is 0 Å². The minimum absolute atomic E-state index is 0.572. The molecule has 2 saturated carbocycles. The molecule has 0 aliphatic heterocycles. The van der Waals surface area contributed by atoms with E-state index in [0.29, 0.717) is 12.2 Å². The molecule has 0 saturated heterocycles. The van der Waals surface area contributed by atoms with Gasteiger partial charge in [-0.3, -0.25) is 0 Å². The van der Waals surface area contributed by atoms with E-state index in [1.165, 1.54) is 51.4 Å². The van der Waals surface area contributed by atoms with Gasteiger partial charge in [0.05, 0.1) is 12.2 Å². The molecule has 1 N–H and O–H groups in total. The van der Waals surface area contributed by atoms with E-state index in [9.17, 15) is 0 Å². The molecule has 0 aromatic heterocycles. The van der Waals surface area contributed by atoms with Crippen molar-refractivity contribution in [3.63, 3.8) is 0 Å². The first-order valence-corrected chi connectivity index (χ1v) is 6.21. The van der Waals surface area contributed by atoms with Gasteiger partial charge < -0.3 is 10.1 Å². The van der Waals surface area contributed by atoms with Crippen LogP contribution in [0.25, 0.3) is 0 Å². The quantitative estimate of drug-likeness (QED) is 0.750. The Morgan fingerprint density at radius 3 is 2.00 bits per heavy atom. The molecule has 14 heavy (non-hydrogen) atoms. The minimum atomic E-state index is 0.572. The molecule has 0 aromatic rings. The van der Waals surface area contributed by atoms with Crippen LogP contribution in [0.2, 0.25) is 0 Å². The highest BCUT2D eigenvalue weighted by Gasteiger charge is 2.24. The zero-order valence-electron chi connectivity index (χ0n) is 9.30. The third kappa shape index (κ3) is 2.71. The molecule has 2 heteroatoms. The predicted molar refractivity (Wildman–Crippen MR) is 58.4 cm³/mol. The van der Waals surface area contributed by atoms with E-state index in [2.05, 4.69) is 12.4 Å². The van der Waals surface area contributed by atoms with Gasteiger partial charge in [-0.1, -0.05) is 12.8 Å². The molecule has 0 heterocycles. The number of ether oxygens (including phenoxy) is 1. The molecule has 0 amide bonds. The summed E-state index contributed by atoms with van der Waals surface area (Å²) in [4.78, 5) is 0. The van der Waals surface area contributed by atoms with Gasteiger partial charge in [0, 0.05) is 6.04 Å². The van der Waals surface area contributed by atoms with Crippen LogP contribution in [0.1, 0.15) is 51.4 Å². The van der Waals surface area contributed by atoms with Gasteiger partial charge in [0.2, 0.25) is 0 Å². The summed E-state index contributed by atoms with van der Waals surface area (Å²) < 4.78 is 6.12. The summed E-state index contributed by atoms with van der Waals surface area (Å²) >= 11 is 0. The van der Waals surface area contributed by atoms with Crippen molar-refractivity contribution in [3.8, 4) is 0 Å². The largest absolute Gasteiger partial charge is 0.375 e. The van der Waals surface area contributed by atoms with Crippen LogP contribution in [0.15, 0.2) is 0 Å². The van der Waals surface area contributed by atoms with Crippen molar-refractivity contribution in [1.29, 1.82) is 0 Å². The molecule has 0 unspecified atom stereocenters. The van der Waals surface area contributed by atoms with E-state index in [-0.39, 0.29) is 0 Å². The van der Waals surface area contributed by atoms with Gasteiger partial charge >= 0.3 is 0 Å². The lowest BCUT2D eigenvalue weighted by Gasteiger charge is -2.30. The van der Waals surface area contributed by atoms with Gasteiger partial charge in [-0.2, -0.15) is 0 Å². The minimum Gasteiger partial charge on any atom is -0.375 e. The first-order valence-electron chi connectivity index (χ1n) is 6.21. The van der Waals surface area contributed by atoms with E-state index >= 15 is 0 Å². The van der Waals surface area contributed by atoms with Gasteiger partial charge in [0.15, 0.2) is 0 Å². The highest BCUT2D eigenvalue weighted by atomic mass is 16.5. The third-order valence-electron chi connectivity index (χ3n) is 3.77. The molecular weight excluding hydrogens is 174 g/mol. The number of hydrogen-bond donors (Lipinski definition) is 1. The number of nitrogens with one attached hydrogen (secondary N) is 1. The van der Waals surface area contributed by atoms with Crippen molar-refractivity contribution in [1.82, 2.24) is 5.32 Å². The van der Waals surface area contributed by atoms with Crippen LogP contribution in [0.4, 0.5) is 0 Å². The lowest BCUT2D eigenvalue weighted by atomic mass is 9.93. The normalized spacial score (nSPS) is 34.9. The fraction of sp³-hybridized carbons (Fsp3) is 1.00. The second kappa shape index (κ2) is 5.13. The van der Waals surface area contributed by atoms with Crippen LogP contribution < -0.4 is 5.32 Å². The summed E-state index contributed by atoms with van der Waals surface area (Å²) in [5.74, 6) is 0. The molecule has 0 spiro atoms. The monoisotopic (exact) mass is 197 g/mol. The van der Waals surface area contributed by atoms with Crippen LogP contribution in [-0.4, -0.2) is 25.3 Å². The van der Waals surface area contributed by atoms with Crippen LogP contribution >= 0.6 is 0 Å². The molecule has 82 valence electrons. The van der Waals surface area contributed by atoms with Gasteiger partial charge in [0.1, 0.15) is 0 Å². The molecule has 0 aromatic carbocycles. The van der Waals surface area contributed by atoms with E-state index in [1.807, 2.05) is 0 Å². The second-order valence-corrected chi connectivity index (χ2v) is 4.80. The molecule has 0 bridgehead atoms. The fourth-order valence-corrected chi connectivity index (χ4v) is 2.78. The SMILES string of the molecule is CNC1CCC(OC2CCCC2)CC1. The molecular formula is C12H23NO. The smallest absolute Gasteiger partial charge is 0.0580 e. The van der Waals surface area contributed by atoms with Crippen LogP contribution in [0.5, 0.6) is 0 Å². The summed E-state index contributed by atoms with van der Waals surface area (Å²) in [6.45, 7) is 0. The molecule has 2 fully saturated rings. The summed E-state index contributed by atoms with van der Waals surface area (Å²) in [7, 11) is 2.07.